The molecule has 0 aliphatic heterocycles. The monoisotopic (exact) mass is 401 g/mol. The summed E-state index contributed by atoms with van der Waals surface area (Å²) in [7, 11) is 0. The second-order valence-corrected chi connectivity index (χ2v) is 6.42. The van der Waals surface area contributed by atoms with Crippen molar-refractivity contribution < 1.29 is 4.74 Å². The molecular formula is C16H17ClINO. The van der Waals surface area contributed by atoms with Crippen LogP contribution in [-0.2, 0) is 6.54 Å². The van der Waals surface area contributed by atoms with Crippen LogP contribution in [0.15, 0.2) is 42.5 Å². The number of hydrogen-bond donors (Lipinski definition) is 1. The Kier molecular flexibility index (Phi) is 5.69. The maximum Gasteiger partial charge on any atom is 0.140 e. The van der Waals surface area contributed by atoms with Crippen molar-refractivity contribution in [2.45, 2.75) is 26.4 Å². The van der Waals surface area contributed by atoms with E-state index in [1.54, 1.807) is 0 Å². The van der Waals surface area contributed by atoms with Gasteiger partial charge in [-0.3, -0.25) is 0 Å². The molecule has 2 aromatic rings. The summed E-state index contributed by atoms with van der Waals surface area (Å²) >= 11 is 8.35. The average Bonchev–Trinajstić information content (AvgIpc) is 2.40. The first-order valence-electron chi connectivity index (χ1n) is 6.50. The van der Waals surface area contributed by atoms with Crippen LogP contribution in [0.25, 0.3) is 0 Å². The summed E-state index contributed by atoms with van der Waals surface area (Å²) in [5.41, 5.74) is 1.10. The van der Waals surface area contributed by atoms with Crippen LogP contribution in [-0.4, -0.2) is 6.04 Å². The Morgan fingerprint density at radius 3 is 2.60 bits per heavy atom. The average molecular weight is 402 g/mol. The van der Waals surface area contributed by atoms with Gasteiger partial charge in [-0.2, -0.15) is 0 Å². The second-order valence-electron chi connectivity index (χ2n) is 4.82. The van der Waals surface area contributed by atoms with Gasteiger partial charge in [-0.25, -0.2) is 0 Å². The highest BCUT2D eigenvalue weighted by Crippen LogP contribution is 2.31. The van der Waals surface area contributed by atoms with Crippen LogP contribution in [0.1, 0.15) is 19.4 Å². The molecular weight excluding hydrogens is 385 g/mol. The third kappa shape index (κ3) is 4.36. The van der Waals surface area contributed by atoms with E-state index in [9.17, 15) is 0 Å². The molecule has 2 aromatic carbocycles. The topological polar surface area (TPSA) is 21.3 Å². The first-order valence-corrected chi connectivity index (χ1v) is 7.96. The molecule has 0 unspecified atom stereocenters. The lowest BCUT2D eigenvalue weighted by Gasteiger charge is -2.14. The molecule has 106 valence electrons. The summed E-state index contributed by atoms with van der Waals surface area (Å²) in [4.78, 5) is 0. The van der Waals surface area contributed by atoms with Crippen molar-refractivity contribution in [3.8, 4) is 11.5 Å². The second kappa shape index (κ2) is 7.29. The maximum atomic E-state index is 6.08. The van der Waals surface area contributed by atoms with Crippen molar-refractivity contribution >= 4 is 34.2 Å². The van der Waals surface area contributed by atoms with Gasteiger partial charge in [0.2, 0.25) is 0 Å². The highest BCUT2D eigenvalue weighted by molar-refractivity contribution is 14.1. The number of rotatable bonds is 5. The molecule has 20 heavy (non-hydrogen) atoms. The van der Waals surface area contributed by atoms with Gasteiger partial charge < -0.3 is 10.1 Å². The van der Waals surface area contributed by atoms with Gasteiger partial charge >= 0.3 is 0 Å². The molecule has 0 radical (unpaired) electrons. The Labute approximate surface area is 138 Å². The highest BCUT2D eigenvalue weighted by atomic mass is 127. The van der Waals surface area contributed by atoms with Crippen molar-refractivity contribution in [1.82, 2.24) is 5.32 Å². The van der Waals surface area contributed by atoms with Crippen LogP contribution in [0.5, 0.6) is 11.5 Å². The fourth-order valence-corrected chi connectivity index (χ4v) is 2.39. The Bertz CT molecular complexity index is 586. The van der Waals surface area contributed by atoms with Crippen molar-refractivity contribution in [2.24, 2.45) is 0 Å². The van der Waals surface area contributed by atoms with Crippen molar-refractivity contribution in [3.05, 3.63) is 56.6 Å². The number of nitrogens with one attached hydrogen (secondary N) is 1. The van der Waals surface area contributed by atoms with Crippen LogP contribution in [0.2, 0.25) is 5.02 Å². The summed E-state index contributed by atoms with van der Waals surface area (Å²) in [6, 6.07) is 14.1. The Balaban J connectivity index is 2.25. The van der Waals surface area contributed by atoms with E-state index in [0.29, 0.717) is 11.1 Å². The third-order valence-corrected chi connectivity index (χ3v) is 3.91. The van der Waals surface area contributed by atoms with Gasteiger partial charge in [-0.15, -0.1) is 0 Å². The minimum Gasteiger partial charge on any atom is -0.456 e. The summed E-state index contributed by atoms with van der Waals surface area (Å²) < 4.78 is 7.10. The molecule has 0 amide bonds. The fraction of sp³-hybridized carbons (Fsp3) is 0.250. The SMILES string of the molecule is CC(C)NCc1ccc(Cl)cc1Oc1ccccc1I. The molecule has 2 rings (SSSR count). The van der Waals surface area contributed by atoms with Crippen LogP contribution in [0, 0.1) is 3.57 Å². The predicted molar refractivity (Wildman–Crippen MR) is 92.7 cm³/mol. The van der Waals surface area contributed by atoms with E-state index >= 15 is 0 Å². The van der Waals surface area contributed by atoms with Crippen LogP contribution in [0.3, 0.4) is 0 Å². The molecule has 0 saturated heterocycles. The van der Waals surface area contributed by atoms with Gasteiger partial charge in [0.1, 0.15) is 11.5 Å². The number of benzene rings is 2. The van der Waals surface area contributed by atoms with E-state index in [2.05, 4.69) is 41.8 Å². The summed E-state index contributed by atoms with van der Waals surface area (Å²) in [5.74, 6) is 1.65. The first-order chi connectivity index (χ1) is 9.56. The zero-order valence-corrected chi connectivity index (χ0v) is 14.4. The Hall–Kier alpha value is -0.780. The van der Waals surface area contributed by atoms with Crippen LogP contribution < -0.4 is 10.1 Å². The normalized spacial score (nSPS) is 10.8. The van der Waals surface area contributed by atoms with E-state index < -0.39 is 0 Å². The molecule has 0 bridgehead atoms. The van der Waals surface area contributed by atoms with E-state index in [1.807, 2.05) is 42.5 Å². The zero-order valence-electron chi connectivity index (χ0n) is 11.5. The molecule has 0 aromatic heterocycles. The Morgan fingerprint density at radius 1 is 1.15 bits per heavy atom. The largest absolute Gasteiger partial charge is 0.456 e. The molecule has 0 fully saturated rings. The highest BCUT2D eigenvalue weighted by Gasteiger charge is 2.08. The van der Waals surface area contributed by atoms with E-state index in [1.165, 1.54) is 0 Å². The lowest BCUT2D eigenvalue weighted by Crippen LogP contribution is -2.22. The lowest BCUT2D eigenvalue weighted by atomic mass is 10.2. The third-order valence-electron chi connectivity index (χ3n) is 2.79. The molecule has 0 aliphatic rings. The fourth-order valence-electron chi connectivity index (χ4n) is 1.73. The molecule has 1 N–H and O–H groups in total. The molecule has 0 aliphatic carbocycles. The van der Waals surface area contributed by atoms with Crippen LogP contribution >= 0.6 is 34.2 Å². The van der Waals surface area contributed by atoms with Crippen molar-refractivity contribution in [2.75, 3.05) is 0 Å². The molecule has 0 heterocycles. The van der Waals surface area contributed by atoms with E-state index in [4.69, 9.17) is 16.3 Å². The van der Waals surface area contributed by atoms with Gasteiger partial charge in [-0.1, -0.05) is 43.6 Å². The smallest absolute Gasteiger partial charge is 0.140 e. The standard InChI is InChI=1S/C16H17ClINO/c1-11(2)19-10-12-7-8-13(17)9-16(12)20-15-6-4-3-5-14(15)18/h3-9,11,19H,10H2,1-2H3. The van der Waals surface area contributed by atoms with Gasteiger partial charge in [0.15, 0.2) is 0 Å². The van der Waals surface area contributed by atoms with Gasteiger partial charge in [-0.05, 0) is 46.9 Å². The van der Waals surface area contributed by atoms with Crippen molar-refractivity contribution in [1.29, 1.82) is 0 Å². The van der Waals surface area contributed by atoms with E-state index in [0.717, 1.165) is 27.2 Å². The first kappa shape index (κ1) is 15.6. The number of halogens is 2. The molecule has 0 spiro atoms. The minimum atomic E-state index is 0.426. The molecule has 0 atom stereocenters. The number of ether oxygens (including phenoxy) is 1. The Morgan fingerprint density at radius 2 is 1.90 bits per heavy atom. The number of para-hydroxylation sites is 1. The quantitative estimate of drug-likeness (QED) is 0.692. The maximum absolute atomic E-state index is 6.08. The van der Waals surface area contributed by atoms with Gasteiger partial charge in [0.25, 0.3) is 0 Å². The van der Waals surface area contributed by atoms with Gasteiger partial charge in [0, 0.05) is 23.2 Å². The minimum absolute atomic E-state index is 0.426. The zero-order chi connectivity index (χ0) is 14.5. The number of hydrogen-bond acceptors (Lipinski definition) is 2. The summed E-state index contributed by atoms with van der Waals surface area (Å²) in [5, 5.41) is 4.08. The van der Waals surface area contributed by atoms with Crippen molar-refractivity contribution in [3.63, 3.8) is 0 Å². The van der Waals surface area contributed by atoms with Crippen LogP contribution in [0.4, 0.5) is 0 Å². The summed E-state index contributed by atoms with van der Waals surface area (Å²) in [6.07, 6.45) is 0. The predicted octanol–water partition coefficient (Wildman–Crippen LogP) is 5.23. The molecule has 4 heteroatoms. The van der Waals surface area contributed by atoms with Gasteiger partial charge in [0.05, 0.1) is 3.57 Å². The molecule has 2 nitrogen and oxygen atoms in total. The lowest BCUT2D eigenvalue weighted by molar-refractivity contribution is 0.466. The van der Waals surface area contributed by atoms with E-state index in [-0.39, 0.29) is 0 Å². The molecule has 0 saturated carbocycles. The summed E-state index contributed by atoms with van der Waals surface area (Å²) in [6.45, 7) is 5.00.